The predicted octanol–water partition coefficient (Wildman–Crippen LogP) is 8.34. The number of fused-ring (bicyclic) bond motifs is 4. The SMILES string of the molecule is CCCCCc1cccc([C@@H]2CC[C@@H]3[C@@H]2C[C@@H]2[C@H]4C(=CCCN2[C@@H]3[C@@H](O)[C@H]2C=CC[C@@H](C3CCCC3)C2)OC(=C2OC(=O)C(CO)=C2OC)[C@H]4C)c1. The zero-order valence-electron chi connectivity index (χ0n) is 31.7. The van der Waals surface area contributed by atoms with Crippen LogP contribution in [0.3, 0.4) is 0 Å². The molecule has 4 aliphatic heterocycles. The van der Waals surface area contributed by atoms with Gasteiger partial charge in [0.2, 0.25) is 5.76 Å². The fraction of sp³-hybridized carbons (Fsp3) is 0.667. The molecule has 0 spiro atoms. The molecule has 7 aliphatic rings. The molecule has 0 unspecified atom stereocenters. The summed E-state index contributed by atoms with van der Waals surface area (Å²) in [7, 11) is 1.51. The molecular weight excluding hydrogens is 650 g/mol. The highest BCUT2D eigenvalue weighted by Crippen LogP contribution is 2.58. The van der Waals surface area contributed by atoms with Crippen molar-refractivity contribution in [2.24, 2.45) is 41.4 Å². The van der Waals surface area contributed by atoms with Gasteiger partial charge in [0.15, 0.2) is 11.5 Å². The minimum Gasteiger partial charge on any atom is -0.492 e. The summed E-state index contributed by atoms with van der Waals surface area (Å²) >= 11 is 0. The van der Waals surface area contributed by atoms with Gasteiger partial charge < -0.3 is 24.4 Å². The molecule has 8 rings (SSSR count). The fourth-order valence-electron chi connectivity index (χ4n) is 12.1. The molecule has 0 amide bonds. The van der Waals surface area contributed by atoms with Gasteiger partial charge in [0.05, 0.1) is 19.8 Å². The lowest BCUT2D eigenvalue weighted by Gasteiger charge is -2.53. The molecule has 4 heterocycles. The van der Waals surface area contributed by atoms with Crippen molar-refractivity contribution in [2.45, 2.75) is 128 Å². The van der Waals surface area contributed by atoms with Crippen LogP contribution in [0.15, 0.2) is 71.1 Å². The minimum atomic E-state index is -0.578. The van der Waals surface area contributed by atoms with E-state index < -0.39 is 18.7 Å². The van der Waals surface area contributed by atoms with Crippen LogP contribution in [0.5, 0.6) is 0 Å². The Labute approximate surface area is 311 Å². The minimum absolute atomic E-state index is 0.0606. The van der Waals surface area contributed by atoms with Gasteiger partial charge in [-0.2, -0.15) is 0 Å². The highest BCUT2D eigenvalue weighted by Gasteiger charge is 2.57. The molecule has 52 heavy (non-hydrogen) atoms. The van der Waals surface area contributed by atoms with E-state index in [4.69, 9.17) is 14.2 Å². The number of esters is 1. The standard InChI is InChI=1S/C45H61NO6/c1-4-5-6-12-28-13-9-17-31(23-28)33-20-21-34-35(33)25-37-39-27(2)42(44-43(50-3)36(26-47)45(49)52-44)51-38(39)19-11-22-46(37)40(34)41(48)32-18-10-16-30(24-32)29-14-7-8-15-29/h9-10,13,17-19,23,27,29-30,32-35,37,39-41,47-48H,4-8,11-12,14-16,20-22,24-26H2,1-3H3/t27-,30+,32-,33-,34+,35+,37+,39-,40-,41-/m0/s1. The van der Waals surface area contributed by atoms with Crippen molar-refractivity contribution >= 4 is 5.97 Å². The summed E-state index contributed by atoms with van der Waals surface area (Å²) in [4.78, 5) is 15.5. The van der Waals surface area contributed by atoms with Crippen LogP contribution < -0.4 is 0 Å². The summed E-state index contributed by atoms with van der Waals surface area (Å²) in [5.41, 5.74) is 3.07. The number of piperidine rings is 1. The van der Waals surface area contributed by atoms with Gasteiger partial charge in [0.1, 0.15) is 11.3 Å². The molecule has 10 atom stereocenters. The maximum atomic E-state index is 12.8. The van der Waals surface area contributed by atoms with E-state index in [1.165, 1.54) is 69.6 Å². The summed E-state index contributed by atoms with van der Waals surface area (Å²) in [5, 5.41) is 22.7. The summed E-state index contributed by atoms with van der Waals surface area (Å²) in [6, 6.07) is 9.73. The maximum Gasteiger partial charge on any atom is 0.345 e. The van der Waals surface area contributed by atoms with E-state index in [-0.39, 0.29) is 41.2 Å². The Hall–Kier alpha value is -2.87. The van der Waals surface area contributed by atoms with Crippen molar-refractivity contribution in [2.75, 3.05) is 20.3 Å². The number of cyclic esters (lactones) is 1. The molecule has 1 aromatic carbocycles. The van der Waals surface area contributed by atoms with Crippen LogP contribution in [0.2, 0.25) is 0 Å². The third-order valence-corrected chi connectivity index (χ3v) is 14.5. The van der Waals surface area contributed by atoms with Crippen LogP contribution in [0, 0.1) is 41.4 Å². The zero-order valence-corrected chi connectivity index (χ0v) is 31.7. The summed E-state index contributed by atoms with van der Waals surface area (Å²) in [5.74, 6) is 4.60. The molecule has 4 fully saturated rings. The number of hydrogen-bond acceptors (Lipinski definition) is 7. The largest absolute Gasteiger partial charge is 0.492 e. The van der Waals surface area contributed by atoms with Crippen LogP contribution in [-0.2, 0) is 25.4 Å². The number of aliphatic hydroxyl groups is 2. The average Bonchev–Trinajstić information content (AvgIpc) is 3.95. The second-order valence-corrected chi connectivity index (χ2v) is 17.2. The molecule has 7 heteroatoms. The Bertz CT molecular complexity index is 1600. The summed E-state index contributed by atoms with van der Waals surface area (Å²) < 4.78 is 18.1. The van der Waals surface area contributed by atoms with E-state index in [9.17, 15) is 15.0 Å². The van der Waals surface area contributed by atoms with Crippen LogP contribution in [-0.4, -0.2) is 59.5 Å². The molecule has 0 bridgehead atoms. The normalized spacial score (nSPS) is 36.9. The number of carbonyl (C=O) groups excluding carboxylic acids is 1. The number of methoxy groups -OCH3 is 1. The number of benzene rings is 1. The van der Waals surface area contributed by atoms with E-state index >= 15 is 0 Å². The van der Waals surface area contributed by atoms with Crippen molar-refractivity contribution < 1.29 is 29.2 Å². The quantitative estimate of drug-likeness (QED) is 0.143. The summed E-state index contributed by atoms with van der Waals surface area (Å²) in [6.45, 7) is 4.92. The zero-order chi connectivity index (χ0) is 35.9. The molecule has 1 aromatic rings. The van der Waals surface area contributed by atoms with E-state index in [1.807, 2.05) is 0 Å². The predicted molar refractivity (Wildman–Crippen MR) is 202 cm³/mol. The van der Waals surface area contributed by atoms with Crippen LogP contribution >= 0.6 is 0 Å². The van der Waals surface area contributed by atoms with E-state index in [0.717, 1.165) is 56.7 Å². The molecule has 3 aliphatic carbocycles. The fourth-order valence-corrected chi connectivity index (χ4v) is 12.1. The first kappa shape index (κ1) is 36.1. The second kappa shape index (κ2) is 15.5. The van der Waals surface area contributed by atoms with E-state index in [0.29, 0.717) is 35.2 Å². The molecule has 0 radical (unpaired) electrons. The lowest BCUT2D eigenvalue weighted by atomic mass is 9.66. The molecule has 282 valence electrons. The Balaban J connectivity index is 1.14. The Morgan fingerprint density at radius 1 is 1.04 bits per heavy atom. The molecule has 2 saturated carbocycles. The van der Waals surface area contributed by atoms with E-state index in [2.05, 4.69) is 61.2 Å². The van der Waals surface area contributed by atoms with Crippen molar-refractivity contribution in [3.05, 3.63) is 82.2 Å². The number of rotatable bonds is 10. The lowest BCUT2D eigenvalue weighted by Crippen LogP contribution is -2.61. The smallest absolute Gasteiger partial charge is 0.345 e. The Morgan fingerprint density at radius 2 is 1.88 bits per heavy atom. The molecule has 0 aromatic heterocycles. The first-order valence-electron chi connectivity index (χ1n) is 20.8. The Morgan fingerprint density at radius 3 is 2.67 bits per heavy atom. The summed E-state index contributed by atoms with van der Waals surface area (Å²) in [6.07, 6.45) is 23.4. The average molecular weight is 712 g/mol. The number of aryl methyl sites for hydroxylation is 1. The number of hydrogen-bond donors (Lipinski definition) is 2. The molecule has 7 nitrogen and oxygen atoms in total. The first-order valence-corrected chi connectivity index (χ1v) is 20.8. The van der Waals surface area contributed by atoms with E-state index in [1.54, 1.807) is 0 Å². The third kappa shape index (κ3) is 6.51. The van der Waals surface area contributed by atoms with Crippen LogP contribution in [0.1, 0.15) is 114 Å². The second-order valence-electron chi connectivity index (χ2n) is 17.2. The Kier molecular flexibility index (Phi) is 10.7. The van der Waals surface area contributed by atoms with Crippen molar-refractivity contribution in [1.82, 2.24) is 4.90 Å². The number of nitrogens with zero attached hydrogens (tertiary/aromatic N) is 1. The van der Waals surface area contributed by atoms with Gasteiger partial charge in [0, 0.05) is 36.4 Å². The van der Waals surface area contributed by atoms with Gasteiger partial charge in [-0.25, -0.2) is 4.79 Å². The van der Waals surface area contributed by atoms with Crippen LogP contribution in [0.25, 0.3) is 0 Å². The number of carbonyl (C=O) groups is 1. The molecular formula is C45H61NO6. The van der Waals surface area contributed by atoms with Gasteiger partial charge in [0.25, 0.3) is 0 Å². The van der Waals surface area contributed by atoms with Gasteiger partial charge in [-0.3, -0.25) is 4.90 Å². The van der Waals surface area contributed by atoms with Crippen molar-refractivity contribution in [3.8, 4) is 0 Å². The monoisotopic (exact) mass is 711 g/mol. The topological polar surface area (TPSA) is 88.5 Å². The molecule has 2 saturated heterocycles. The highest BCUT2D eigenvalue weighted by molar-refractivity contribution is 5.94. The van der Waals surface area contributed by atoms with Gasteiger partial charge in [-0.15, -0.1) is 0 Å². The maximum absolute atomic E-state index is 12.8. The van der Waals surface area contributed by atoms with Crippen LogP contribution in [0.4, 0.5) is 0 Å². The van der Waals surface area contributed by atoms with Crippen molar-refractivity contribution in [3.63, 3.8) is 0 Å². The number of ether oxygens (including phenoxy) is 3. The van der Waals surface area contributed by atoms with Gasteiger partial charge >= 0.3 is 5.97 Å². The first-order chi connectivity index (χ1) is 25.4. The number of allylic oxidation sites excluding steroid dienone is 2. The lowest BCUT2D eigenvalue weighted by molar-refractivity contribution is -0.133. The van der Waals surface area contributed by atoms with Gasteiger partial charge in [-0.1, -0.05) is 88.8 Å². The molecule has 2 N–H and O–H groups in total. The number of aliphatic hydroxyl groups excluding tert-OH is 2. The third-order valence-electron chi connectivity index (χ3n) is 14.5. The van der Waals surface area contributed by atoms with Crippen molar-refractivity contribution in [1.29, 1.82) is 0 Å². The number of unbranched alkanes of at least 4 members (excludes halogenated alkanes) is 2. The van der Waals surface area contributed by atoms with Gasteiger partial charge in [-0.05, 0) is 98.2 Å². The highest BCUT2D eigenvalue weighted by atomic mass is 16.6.